The lowest BCUT2D eigenvalue weighted by Gasteiger charge is -2.21. The molecule has 1 saturated heterocycles. The van der Waals surface area contributed by atoms with Gasteiger partial charge in [0.25, 0.3) is 0 Å². The molecule has 1 N–H and O–H groups in total. The van der Waals surface area contributed by atoms with Crippen LogP contribution in [0.25, 0.3) is 0 Å². The molecule has 0 bridgehead atoms. The number of hydrogen-bond donors (Lipinski definition) is 1. The van der Waals surface area contributed by atoms with Crippen molar-refractivity contribution < 1.29 is 19.1 Å². The summed E-state index contributed by atoms with van der Waals surface area (Å²) in [4.78, 5) is 36.6. The lowest BCUT2D eigenvalue weighted by Crippen LogP contribution is -2.42. The lowest BCUT2D eigenvalue weighted by atomic mass is 10.2. The second kappa shape index (κ2) is 5.69. The number of likely N-dealkylation sites (tertiary alicyclic amines) is 1. The Morgan fingerprint density at radius 1 is 1.37 bits per heavy atom. The van der Waals surface area contributed by atoms with Crippen LogP contribution in [0.2, 0.25) is 0 Å². The van der Waals surface area contributed by atoms with Gasteiger partial charge in [-0.2, -0.15) is 0 Å². The Morgan fingerprint density at radius 3 is 2.53 bits per heavy atom. The molecule has 0 aromatic carbocycles. The number of ether oxygens (including phenoxy) is 1. The van der Waals surface area contributed by atoms with Crippen LogP contribution in [0, 0.1) is 11.8 Å². The molecule has 2 amide bonds. The summed E-state index contributed by atoms with van der Waals surface area (Å²) in [5.74, 6) is -0.628. The average molecular weight is 268 g/mol. The van der Waals surface area contributed by atoms with Crippen molar-refractivity contribution >= 4 is 17.8 Å². The first-order chi connectivity index (χ1) is 9.10. The highest BCUT2D eigenvalue weighted by atomic mass is 16.5. The van der Waals surface area contributed by atoms with E-state index in [4.69, 9.17) is 4.74 Å². The zero-order valence-electron chi connectivity index (χ0n) is 11.3. The van der Waals surface area contributed by atoms with E-state index in [1.165, 1.54) is 4.90 Å². The first-order valence-corrected chi connectivity index (χ1v) is 6.85. The van der Waals surface area contributed by atoms with Gasteiger partial charge in [-0.05, 0) is 26.3 Å². The number of hydrogen-bond acceptors (Lipinski definition) is 5. The zero-order chi connectivity index (χ0) is 14.0. The van der Waals surface area contributed by atoms with E-state index in [1.54, 1.807) is 6.92 Å². The second-order valence-corrected chi connectivity index (χ2v) is 4.93. The SMILES string of the molecule is CCNC(CCN1C(=O)C2CC2C1=O)C(=O)OCC. The maximum absolute atomic E-state index is 11.8. The molecule has 3 unspecified atom stereocenters. The van der Waals surface area contributed by atoms with Crippen molar-refractivity contribution in [2.75, 3.05) is 19.7 Å². The van der Waals surface area contributed by atoms with Crippen LogP contribution >= 0.6 is 0 Å². The van der Waals surface area contributed by atoms with E-state index >= 15 is 0 Å². The van der Waals surface area contributed by atoms with Crippen molar-refractivity contribution in [1.82, 2.24) is 10.2 Å². The fourth-order valence-corrected chi connectivity index (χ4v) is 2.52. The minimum atomic E-state index is -0.456. The van der Waals surface area contributed by atoms with E-state index in [1.807, 2.05) is 6.92 Å². The van der Waals surface area contributed by atoms with E-state index in [0.717, 1.165) is 0 Å². The minimum Gasteiger partial charge on any atom is -0.465 e. The van der Waals surface area contributed by atoms with E-state index in [0.29, 0.717) is 32.5 Å². The third-order valence-electron chi connectivity index (χ3n) is 3.62. The summed E-state index contributed by atoms with van der Waals surface area (Å²) in [6, 6.07) is -0.456. The molecule has 6 heteroatoms. The maximum Gasteiger partial charge on any atom is 0.323 e. The summed E-state index contributed by atoms with van der Waals surface area (Å²) in [5.41, 5.74) is 0. The molecule has 106 valence electrons. The molecule has 0 aromatic rings. The van der Waals surface area contributed by atoms with Gasteiger partial charge in [0.1, 0.15) is 6.04 Å². The quantitative estimate of drug-likeness (QED) is 0.516. The van der Waals surface area contributed by atoms with Gasteiger partial charge < -0.3 is 10.1 Å². The fourth-order valence-electron chi connectivity index (χ4n) is 2.52. The monoisotopic (exact) mass is 268 g/mol. The molecule has 1 saturated carbocycles. The molecule has 2 aliphatic rings. The Kier molecular flexibility index (Phi) is 4.19. The standard InChI is InChI=1S/C13H20N2O4/c1-3-14-10(13(18)19-4-2)5-6-15-11(16)8-7-9(8)12(15)17/h8-10,14H,3-7H2,1-2H3. The number of nitrogens with zero attached hydrogens (tertiary/aromatic N) is 1. The van der Waals surface area contributed by atoms with Gasteiger partial charge >= 0.3 is 5.97 Å². The van der Waals surface area contributed by atoms with Crippen molar-refractivity contribution in [2.24, 2.45) is 11.8 Å². The summed E-state index contributed by atoms with van der Waals surface area (Å²) >= 11 is 0. The minimum absolute atomic E-state index is 0.0749. The van der Waals surface area contributed by atoms with E-state index < -0.39 is 6.04 Å². The molecule has 2 rings (SSSR count). The van der Waals surface area contributed by atoms with Gasteiger partial charge in [0.05, 0.1) is 18.4 Å². The van der Waals surface area contributed by atoms with Crippen molar-refractivity contribution in [3.05, 3.63) is 0 Å². The van der Waals surface area contributed by atoms with Crippen LogP contribution in [0.3, 0.4) is 0 Å². The first kappa shape index (κ1) is 14.0. The van der Waals surface area contributed by atoms with Crippen LogP contribution in [-0.4, -0.2) is 48.4 Å². The van der Waals surface area contributed by atoms with Gasteiger partial charge in [-0.25, -0.2) is 0 Å². The predicted molar refractivity (Wildman–Crippen MR) is 67.0 cm³/mol. The Morgan fingerprint density at radius 2 is 2.00 bits per heavy atom. The zero-order valence-corrected chi connectivity index (χ0v) is 11.3. The van der Waals surface area contributed by atoms with Gasteiger partial charge in [-0.15, -0.1) is 0 Å². The lowest BCUT2D eigenvalue weighted by molar-refractivity contribution is -0.148. The first-order valence-electron chi connectivity index (χ1n) is 6.85. The molecule has 0 spiro atoms. The number of imide groups is 1. The number of rotatable bonds is 7. The number of amides is 2. The topological polar surface area (TPSA) is 75.7 Å². The van der Waals surface area contributed by atoms with E-state index in [9.17, 15) is 14.4 Å². The van der Waals surface area contributed by atoms with Crippen LogP contribution in [0.1, 0.15) is 26.7 Å². The highest BCUT2D eigenvalue weighted by Gasteiger charge is 2.58. The molecule has 6 nitrogen and oxygen atoms in total. The van der Waals surface area contributed by atoms with Crippen LogP contribution in [0.5, 0.6) is 0 Å². The molecular weight excluding hydrogens is 248 g/mol. The van der Waals surface area contributed by atoms with Crippen molar-refractivity contribution in [3.63, 3.8) is 0 Å². The second-order valence-electron chi connectivity index (χ2n) is 4.93. The van der Waals surface area contributed by atoms with Crippen molar-refractivity contribution in [2.45, 2.75) is 32.7 Å². The summed E-state index contributed by atoms with van der Waals surface area (Å²) in [7, 11) is 0. The molecule has 3 atom stereocenters. The van der Waals surface area contributed by atoms with Gasteiger partial charge in [0, 0.05) is 6.54 Å². The summed E-state index contributed by atoms with van der Waals surface area (Å²) in [6.45, 7) is 4.90. The predicted octanol–water partition coefficient (Wildman–Crippen LogP) is -0.0774. The average Bonchev–Trinajstić information content (AvgIpc) is 3.13. The van der Waals surface area contributed by atoms with Gasteiger partial charge in [0.2, 0.25) is 11.8 Å². The van der Waals surface area contributed by atoms with E-state index in [2.05, 4.69) is 5.32 Å². The van der Waals surface area contributed by atoms with Crippen LogP contribution in [0.4, 0.5) is 0 Å². The molecule has 2 fully saturated rings. The van der Waals surface area contributed by atoms with Crippen molar-refractivity contribution in [3.8, 4) is 0 Å². The van der Waals surface area contributed by atoms with Gasteiger partial charge in [-0.1, -0.05) is 6.92 Å². The summed E-state index contributed by atoms with van der Waals surface area (Å²) in [5, 5.41) is 3.02. The Labute approximate surface area is 112 Å². The van der Waals surface area contributed by atoms with Gasteiger partial charge in [0.15, 0.2) is 0 Å². The van der Waals surface area contributed by atoms with Crippen LogP contribution in [-0.2, 0) is 19.1 Å². The van der Waals surface area contributed by atoms with Crippen LogP contribution in [0.15, 0.2) is 0 Å². The number of piperidine rings is 1. The molecule has 1 aliphatic heterocycles. The normalized spacial score (nSPS) is 26.3. The molecule has 0 aromatic heterocycles. The molecule has 0 radical (unpaired) electrons. The number of carbonyl (C=O) groups is 3. The highest BCUT2D eigenvalue weighted by Crippen LogP contribution is 2.46. The van der Waals surface area contributed by atoms with Gasteiger partial charge in [-0.3, -0.25) is 19.3 Å². The third kappa shape index (κ3) is 2.78. The Bertz CT molecular complexity index is 376. The number of esters is 1. The highest BCUT2D eigenvalue weighted by molar-refractivity contribution is 6.08. The summed E-state index contributed by atoms with van der Waals surface area (Å²) < 4.78 is 4.97. The van der Waals surface area contributed by atoms with Crippen molar-refractivity contribution in [1.29, 1.82) is 0 Å². The maximum atomic E-state index is 11.8. The molecule has 1 aliphatic carbocycles. The van der Waals surface area contributed by atoms with E-state index in [-0.39, 0.29) is 29.6 Å². The number of nitrogens with one attached hydrogen (secondary N) is 1. The smallest absolute Gasteiger partial charge is 0.323 e. The largest absolute Gasteiger partial charge is 0.465 e. The molecule has 1 heterocycles. The summed E-state index contributed by atoms with van der Waals surface area (Å²) in [6.07, 6.45) is 1.12. The molecule has 19 heavy (non-hydrogen) atoms. The number of carbonyl (C=O) groups excluding carboxylic acids is 3. The third-order valence-corrected chi connectivity index (χ3v) is 3.62. The van der Waals surface area contributed by atoms with Crippen LogP contribution < -0.4 is 5.32 Å². The fraction of sp³-hybridized carbons (Fsp3) is 0.769. The Balaban J connectivity index is 1.86. The number of fused-ring (bicyclic) bond motifs is 1. The Hall–Kier alpha value is -1.43. The number of likely N-dealkylation sites (N-methyl/N-ethyl adjacent to an activating group) is 1. The molecular formula is C13H20N2O4.